The maximum atomic E-state index is 14.6. The first-order valence-electron chi connectivity index (χ1n) is 15.3. The summed E-state index contributed by atoms with van der Waals surface area (Å²) in [5.41, 5.74) is 5.15. The average molecular weight is 613 g/mol. The van der Waals surface area contributed by atoms with E-state index in [0.717, 1.165) is 10.9 Å². The van der Waals surface area contributed by atoms with E-state index >= 15 is 0 Å². The molecule has 2 aliphatic rings. The number of nitrogens with one attached hydrogen (secondary N) is 4. The number of hydrogen-bond donors (Lipinski definition) is 4. The standard InChI is InChI=1S/C32H42F2N6O4/c1-19(2)28-30(43)36-21(4)31(44)40-17-7-9-25(39-40)29(42)35-20(3)24-13-12-23-11-10-22(18-26(23)37-24)8-5-6-15-32(33,34)16-14-27(41)38-28/h5,8,10-13,18-21,25,28,39H,6-7,9,14-17H2,1-4H3,(H,35,42)(H,36,43)(H,38,41)/b8-5+/t20-,21+,25+,28+/m1/s1. The number of benzene rings is 1. The lowest BCUT2D eigenvalue weighted by Crippen LogP contribution is -2.62. The summed E-state index contributed by atoms with van der Waals surface area (Å²) < 4.78 is 29.2. The molecule has 1 fully saturated rings. The third kappa shape index (κ3) is 8.58. The molecule has 3 heterocycles. The van der Waals surface area contributed by atoms with Crippen molar-refractivity contribution in [3.63, 3.8) is 0 Å². The number of pyridine rings is 1. The molecule has 0 spiro atoms. The Morgan fingerprint density at radius 1 is 0.955 bits per heavy atom. The minimum absolute atomic E-state index is 0.109. The van der Waals surface area contributed by atoms with Crippen molar-refractivity contribution in [2.75, 3.05) is 6.54 Å². The number of nitrogens with zero attached hydrogens (tertiary/aromatic N) is 2. The van der Waals surface area contributed by atoms with E-state index in [1.165, 1.54) is 11.9 Å². The van der Waals surface area contributed by atoms with Crippen LogP contribution in [0.15, 0.2) is 36.4 Å². The lowest BCUT2D eigenvalue weighted by atomic mass is 10.0. The topological polar surface area (TPSA) is 133 Å². The molecule has 1 aromatic heterocycles. The molecule has 1 saturated heterocycles. The third-order valence-electron chi connectivity index (χ3n) is 8.01. The highest BCUT2D eigenvalue weighted by molar-refractivity contribution is 5.92. The van der Waals surface area contributed by atoms with Crippen LogP contribution < -0.4 is 21.4 Å². The van der Waals surface area contributed by atoms with Crippen LogP contribution >= 0.6 is 0 Å². The monoisotopic (exact) mass is 612 g/mol. The van der Waals surface area contributed by atoms with Gasteiger partial charge >= 0.3 is 0 Å². The minimum atomic E-state index is -3.07. The van der Waals surface area contributed by atoms with Crippen molar-refractivity contribution in [2.45, 2.75) is 96.3 Å². The zero-order valence-corrected chi connectivity index (χ0v) is 25.7. The van der Waals surface area contributed by atoms with Gasteiger partial charge in [0.05, 0.1) is 17.3 Å². The maximum Gasteiger partial charge on any atom is 0.258 e. The van der Waals surface area contributed by atoms with E-state index in [4.69, 9.17) is 4.98 Å². The molecule has 0 radical (unpaired) electrons. The Kier molecular flexibility index (Phi) is 10.7. The van der Waals surface area contributed by atoms with E-state index < -0.39 is 67.1 Å². The van der Waals surface area contributed by atoms with Crippen molar-refractivity contribution in [2.24, 2.45) is 5.92 Å². The van der Waals surface area contributed by atoms with E-state index in [2.05, 4.69) is 21.4 Å². The highest BCUT2D eigenvalue weighted by atomic mass is 19.3. The van der Waals surface area contributed by atoms with Gasteiger partial charge in [0.25, 0.3) is 5.91 Å². The van der Waals surface area contributed by atoms with Crippen molar-refractivity contribution < 1.29 is 28.0 Å². The van der Waals surface area contributed by atoms with Gasteiger partial charge in [-0.15, -0.1) is 0 Å². The van der Waals surface area contributed by atoms with Crippen molar-refractivity contribution in [3.05, 3.63) is 47.7 Å². The van der Waals surface area contributed by atoms with Gasteiger partial charge in [-0.3, -0.25) is 29.2 Å². The Morgan fingerprint density at radius 2 is 1.68 bits per heavy atom. The number of hydrogen-bond acceptors (Lipinski definition) is 6. The zero-order chi connectivity index (χ0) is 32.0. The second-order valence-electron chi connectivity index (χ2n) is 12.0. The maximum absolute atomic E-state index is 14.6. The molecule has 44 heavy (non-hydrogen) atoms. The fourth-order valence-electron chi connectivity index (χ4n) is 5.33. The quantitative estimate of drug-likeness (QED) is 0.388. The third-order valence-corrected chi connectivity index (χ3v) is 8.01. The first kappa shape index (κ1) is 33.0. The molecule has 5 bridgehead atoms. The van der Waals surface area contributed by atoms with Gasteiger partial charge in [-0.25, -0.2) is 14.2 Å². The van der Waals surface area contributed by atoms with Gasteiger partial charge < -0.3 is 16.0 Å². The highest BCUT2D eigenvalue weighted by Crippen LogP contribution is 2.27. The highest BCUT2D eigenvalue weighted by Gasteiger charge is 2.34. The van der Waals surface area contributed by atoms with Crippen LogP contribution in [0, 0.1) is 5.92 Å². The summed E-state index contributed by atoms with van der Waals surface area (Å²) in [6.07, 6.45) is 3.12. The van der Waals surface area contributed by atoms with Crippen LogP contribution in [0.4, 0.5) is 8.78 Å². The average Bonchev–Trinajstić information content (AvgIpc) is 2.99. The fraction of sp³-hybridized carbons (Fsp3) is 0.531. The van der Waals surface area contributed by atoms with Gasteiger partial charge in [-0.2, -0.15) is 0 Å². The van der Waals surface area contributed by atoms with Gasteiger partial charge in [0, 0.05) is 31.2 Å². The molecule has 0 saturated carbocycles. The molecule has 2 aromatic rings. The molecule has 10 nitrogen and oxygen atoms in total. The van der Waals surface area contributed by atoms with E-state index in [9.17, 15) is 28.0 Å². The second kappa shape index (κ2) is 14.2. The molecule has 238 valence electrons. The van der Waals surface area contributed by atoms with Crippen LogP contribution in [0.1, 0.15) is 83.5 Å². The Labute approximate surface area is 256 Å². The normalized spacial score (nSPS) is 26.9. The first-order chi connectivity index (χ1) is 20.8. The molecule has 12 heteroatoms. The van der Waals surface area contributed by atoms with Crippen molar-refractivity contribution >= 4 is 40.6 Å². The Bertz CT molecular complexity index is 1410. The lowest BCUT2D eigenvalue weighted by molar-refractivity contribution is -0.143. The summed E-state index contributed by atoms with van der Waals surface area (Å²) in [5.74, 6) is -5.40. The summed E-state index contributed by atoms with van der Waals surface area (Å²) in [6.45, 7) is 7.13. The van der Waals surface area contributed by atoms with Crippen LogP contribution in [-0.2, 0) is 19.2 Å². The smallest absolute Gasteiger partial charge is 0.258 e. The van der Waals surface area contributed by atoms with Crippen molar-refractivity contribution in [3.8, 4) is 0 Å². The number of allylic oxidation sites excluding steroid dienone is 1. The number of halogens is 2. The largest absolute Gasteiger partial charge is 0.347 e. The molecule has 0 unspecified atom stereocenters. The molecule has 2 aliphatic heterocycles. The number of fused-ring (bicyclic) bond motifs is 4. The predicted molar refractivity (Wildman–Crippen MR) is 163 cm³/mol. The minimum Gasteiger partial charge on any atom is -0.347 e. The Balaban J connectivity index is 1.58. The SMILES string of the molecule is CC(C)[C@@H]1NC(=O)CCC(F)(F)CC/C=C/c2ccc3ccc(nc3c2)[C@@H](C)NC(=O)[C@@H]2CCCN(N2)C(=O)[C@H](C)NC1=O. The van der Waals surface area contributed by atoms with E-state index in [0.29, 0.717) is 30.6 Å². The van der Waals surface area contributed by atoms with Crippen LogP contribution in [0.25, 0.3) is 17.0 Å². The summed E-state index contributed by atoms with van der Waals surface area (Å²) in [5, 5.41) is 10.4. The molecule has 1 aromatic carbocycles. The summed E-state index contributed by atoms with van der Waals surface area (Å²) >= 11 is 0. The molecule has 0 aliphatic carbocycles. The molecule has 4 amide bonds. The Hall–Kier alpha value is -3.93. The summed E-state index contributed by atoms with van der Waals surface area (Å²) in [6, 6.07) is 6.34. The van der Waals surface area contributed by atoms with Gasteiger partial charge in [0.1, 0.15) is 18.1 Å². The Morgan fingerprint density at radius 3 is 2.43 bits per heavy atom. The number of carbonyl (C=O) groups is 4. The van der Waals surface area contributed by atoms with E-state index in [1.807, 2.05) is 37.3 Å². The number of alkyl halides is 2. The van der Waals surface area contributed by atoms with Crippen molar-refractivity contribution in [1.29, 1.82) is 0 Å². The molecule has 4 N–H and O–H groups in total. The zero-order valence-electron chi connectivity index (χ0n) is 25.7. The molecule has 4 rings (SSSR count). The molecular weight excluding hydrogens is 570 g/mol. The number of rotatable bonds is 1. The number of amides is 4. The van der Waals surface area contributed by atoms with Crippen molar-refractivity contribution in [1.82, 2.24) is 31.4 Å². The number of aromatic nitrogens is 1. The first-order valence-corrected chi connectivity index (χ1v) is 15.3. The van der Waals surface area contributed by atoms with Crippen LogP contribution in [0.3, 0.4) is 0 Å². The van der Waals surface area contributed by atoms with E-state index in [-0.39, 0.29) is 18.2 Å². The van der Waals surface area contributed by atoms with Crippen LogP contribution in [0.5, 0.6) is 0 Å². The van der Waals surface area contributed by atoms with E-state index in [1.54, 1.807) is 26.0 Å². The predicted octanol–water partition coefficient (Wildman–Crippen LogP) is 3.78. The second-order valence-corrected chi connectivity index (χ2v) is 12.0. The summed E-state index contributed by atoms with van der Waals surface area (Å²) in [7, 11) is 0. The van der Waals surface area contributed by atoms with Gasteiger partial charge in [-0.1, -0.05) is 44.2 Å². The lowest BCUT2D eigenvalue weighted by Gasteiger charge is -2.35. The fourth-order valence-corrected chi connectivity index (χ4v) is 5.33. The van der Waals surface area contributed by atoms with Gasteiger partial charge in [-0.05, 0) is 56.7 Å². The molecular formula is C32H42F2N6O4. The number of carbonyl (C=O) groups excluding carboxylic acids is 4. The molecule has 4 atom stereocenters. The summed E-state index contributed by atoms with van der Waals surface area (Å²) in [4.78, 5) is 56.8. The van der Waals surface area contributed by atoms with Gasteiger partial charge in [0.15, 0.2) is 0 Å². The number of hydrazine groups is 1. The van der Waals surface area contributed by atoms with Crippen LogP contribution in [-0.4, -0.2) is 64.2 Å². The van der Waals surface area contributed by atoms with Gasteiger partial charge in [0.2, 0.25) is 23.6 Å². The van der Waals surface area contributed by atoms with Crippen LogP contribution in [0.2, 0.25) is 0 Å².